The third-order valence-electron chi connectivity index (χ3n) is 3.13. The lowest BCUT2D eigenvalue weighted by atomic mass is 9.99. The molecule has 1 amide bonds. The molecular formula is C14H16N2O3. The summed E-state index contributed by atoms with van der Waals surface area (Å²) in [6.07, 6.45) is 0.321. The Kier molecular flexibility index (Phi) is 4.37. The zero-order valence-corrected chi connectivity index (χ0v) is 10.6. The van der Waals surface area contributed by atoms with Crippen molar-refractivity contribution in [3.8, 4) is 11.8 Å². The SMILES string of the molecule is N#CC(Cc1cccc(O)c1)C(=O)N1CCOCC1. The first-order chi connectivity index (χ1) is 9.20. The number of nitriles is 1. The van der Waals surface area contributed by atoms with E-state index < -0.39 is 5.92 Å². The van der Waals surface area contributed by atoms with E-state index in [1.54, 1.807) is 29.2 Å². The van der Waals surface area contributed by atoms with Crippen LogP contribution in [-0.2, 0) is 16.0 Å². The Balaban J connectivity index is 2.03. The van der Waals surface area contributed by atoms with Crippen LogP contribution < -0.4 is 0 Å². The van der Waals surface area contributed by atoms with Gasteiger partial charge < -0.3 is 14.7 Å². The highest BCUT2D eigenvalue weighted by molar-refractivity contribution is 5.81. The Labute approximate surface area is 112 Å². The van der Waals surface area contributed by atoms with Crippen LogP contribution in [0.5, 0.6) is 5.75 Å². The van der Waals surface area contributed by atoms with Crippen molar-refractivity contribution >= 4 is 5.91 Å². The number of carbonyl (C=O) groups excluding carboxylic acids is 1. The summed E-state index contributed by atoms with van der Waals surface area (Å²) in [7, 11) is 0. The number of hydrogen-bond acceptors (Lipinski definition) is 4. The smallest absolute Gasteiger partial charge is 0.240 e. The Morgan fingerprint density at radius 2 is 2.21 bits per heavy atom. The van der Waals surface area contributed by atoms with Gasteiger partial charge in [0, 0.05) is 13.1 Å². The molecular weight excluding hydrogens is 244 g/mol. The minimum absolute atomic E-state index is 0.146. The molecule has 1 aromatic rings. The van der Waals surface area contributed by atoms with Crippen LogP contribution >= 0.6 is 0 Å². The Bertz CT molecular complexity index is 490. The van der Waals surface area contributed by atoms with E-state index in [4.69, 9.17) is 10.00 Å². The zero-order chi connectivity index (χ0) is 13.7. The van der Waals surface area contributed by atoms with Gasteiger partial charge in [-0.3, -0.25) is 4.79 Å². The predicted octanol–water partition coefficient (Wildman–Crippen LogP) is 0.933. The maximum absolute atomic E-state index is 12.2. The number of morpholine rings is 1. The number of hydrogen-bond donors (Lipinski definition) is 1. The van der Waals surface area contributed by atoms with Gasteiger partial charge in [0.1, 0.15) is 11.7 Å². The molecule has 1 aliphatic rings. The minimum Gasteiger partial charge on any atom is -0.508 e. The molecule has 0 aromatic heterocycles. The van der Waals surface area contributed by atoms with Crippen LogP contribution in [0.4, 0.5) is 0 Å². The summed E-state index contributed by atoms with van der Waals surface area (Å²) in [4.78, 5) is 13.9. The number of nitrogens with zero attached hydrogens (tertiary/aromatic N) is 2. The maximum Gasteiger partial charge on any atom is 0.240 e. The van der Waals surface area contributed by atoms with Gasteiger partial charge >= 0.3 is 0 Å². The molecule has 5 nitrogen and oxygen atoms in total. The van der Waals surface area contributed by atoms with Gasteiger partial charge in [0.15, 0.2) is 0 Å². The summed E-state index contributed by atoms with van der Waals surface area (Å²) in [5, 5.41) is 18.6. The molecule has 19 heavy (non-hydrogen) atoms. The molecule has 5 heteroatoms. The average molecular weight is 260 g/mol. The summed E-state index contributed by atoms with van der Waals surface area (Å²) in [6.45, 7) is 2.13. The number of aromatic hydroxyl groups is 1. The third-order valence-corrected chi connectivity index (χ3v) is 3.13. The van der Waals surface area contributed by atoms with Crippen molar-refractivity contribution in [1.29, 1.82) is 5.26 Å². The van der Waals surface area contributed by atoms with Crippen LogP contribution in [0.1, 0.15) is 5.56 Å². The molecule has 1 unspecified atom stereocenters. The van der Waals surface area contributed by atoms with E-state index >= 15 is 0 Å². The number of carbonyl (C=O) groups is 1. The zero-order valence-electron chi connectivity index (χ0n) is 10.6. The van der Waals surface area contributed by atoms with Gasteiger partial charge in [-0.05, 0) is 24.1 Å². The van der Waals surface area contributed by atoms with Crippen LogP contribution in [0.15, 0.2) is 24.3 Å². The van der Waals surface area contributed by atoms with Crippen molar-refractivity contribution in [1.82, 2.24) is 4.90 Å². The monoisotopic (exact) mass is 260 g/mol. The van der Waals surface area contributed by atoms with Gasteiger partial charge in [0.25, 0.3) is 0 Å². The van der Waals surface area contributed by atoms with E-state index in [2.05, 4.69) is 6.07 Å². The second kappa shape index (κ2) is 6.21. The lowest BCUT2D eigenvalue weighted by Gasteiger charge is -2.28. The Hall–Kier alpha value is -2.06. The molecule has 2 rings (SSSR count). The second-order valence-corrected chi connectivity index (χ2v) is 4.49. The van der Waals surface area contributed by atoms with Crippen molar-refractivity contribution in [2.24, 2.45) is 5.92 Å². The highest BCUT2D eigenvalue weighted by Gasteiger charge is 2.25. The number of phenolic OH excluding ortho intramolecular Hbond substituents is 1. The molecule has 1 saturated heterocycles. The average Bonchev–Trinajstić information content (AvgIpc) is 2.45. The molecule has 1 fully saturated rings. The first kappa shape index (κ1) is 13.4. The Morgan fingerprint density at radius 1 is 1.47 bits per heavy atom. The van der Waals surface area contributed by atoms with Gasteiger partial charge in [-0.15, -0.1) is 0 Å². The quantitative estimate of drug-likeness (QED) is 0.877. The fraction of sp³-hybridized carbons (Fsp3) is 0.429. The lowest BCUT2D eigenvalue weighted by Crippen LogP contribution is -2.43. The number of amides is 1. The van der Waals surface area contributed by atoms with Crippen LogP contribution in [0.25, 0.3) is 0 Å². The van der Waals surface area contributed by atoms with Gasteiger partial charge in [-0.2, -0.15) is 5.26 Å². The van der Waals surface area contributed by atoms with Crippen LogP contribution in [0.3, 0.4) is 0 Å². The molecule has 0 bridgehead atoms. The van der Waals surface area contributed by atoms with E-state index in [1.165, 1.54) is 0 Å². The molecule has 0 saturated carbocycles. The molecule has 1 heterocycles. The van der Waals surface area contributed by atoms with Gasteiger partial charge in [-0.25, -0.2) is 0 Å². The van der Waals surface area contributed by atoms with Crippen LogP contribution in [0, 0.1) is 17.2 Å². The van der Waals surface area contributed by atoms with E-state index in [-0.39, 0.29) is 11.7 Å². The fourth-order valence-corrected chi connectivity index (χ4v) is 2.11. The fourth-order valence-electron chi connectivity index (χ4n) is 2.11. The summed E-state index contributed by atoms with van der Waals surface area (Å²) in [6, 6.07) is 8.71. The molecule has 1 aliphatic heterocycles. The summed E-state index contributed by atoms with van der Waals surface area (Å²) in [5.74, 6) is -0.720. The van der Waals surface area contributed by atoms with Gasteiger partial charge in [-0.1, -0.05) is 12.1 Å². The highest BCUT2D eigenvalue weighted by Crippen LogP contribution is 2.16. The summed E-state index contributed by atoms with van der Waals surface area (Å²) >= 11 is 0. The van der Waals surface area contributed by atoms with E-state index in [0.29, 0.717) is 32.7 Å². The highest BCUT2D eigenvalue weighted by atomic mass is 16.5. The van der Waals surface area contributed by atoms with Gasteiger partial charge in [0.2, 0.25) is 5.91 Å². The second-order valence-electron chi connectivity index (χ2n) is 4.49. The number of benzene rings is 1. The van der Waals surface area contributed by atoms with Crippen molar-refractivity contribution in [3.05, 3.63) is 29.8 Å². The molecule has 0 radical (unpaired) electrons. The topological polar surface area (TPSA) is 73.6 Å². The van der Waals surface area contributed by atoms with Gasteiger partial charge in [0.05, 0.1) is 19.3 Å². The number of phenols is 1. The minimum atomic E-state index is -0.708. The third kappa shape index (κ3) is 3.46. The molecule has 0 aliphatic carbocycles. The normalized spacial score (nSPS) is 16.7. The number of rotatable bonds is 3. The predicted molar refractivity (Wildman–Crippen MR) is 68.3 cm³/mol. The number of ether oxygens (including phenoxy) is 1. The summed E-state index contributed by atoms with van der Waals surface area (Å²) in [5.41, 5.74) is 0.785. The molecule has 0 spiro atoms. The first-order valence-corrected chi connectivity index (χ1v) is 6.25. The maximum atomic E-state index is 12.2. The van der Waals surface area contributed by atoms with Crippen LogP contribution in [0.2, 0.25) is 0 Å². The van der Waals surface area contributed by atoms with Crippen molar-refractivity contribution < 1.29 is 14.6 Å². The summed E-state index contributed by atoms with van der Waals surface area (Å²) < 4.78 is 5.19. The van der Waals surface area contributed by atoms with Crippen LogP contribution in [-0.4, -0.2) is 42.2 Å². The lowest BCUT2D eigenvalue weighted by molar-refractivity contribution is -0.137. The van der Waals surface area contributed by atoms with E-state index in [1.807, 2.05) is 0 Å². The molecule has 100 valence electrons. The molecule has 1 N–H and O–H groups in total. The first-order valence-electron chi connectivity index (χ1n) is 6.25. The Morgan fingerprint density at radius 3 is 2.84 bits per heavy atom. The van der Waals surface area contributed by atoms with E-state index in [0.717, 1.165) is 5.56 Å². The van der Waals surface area contributed by atoms with Crippen molar-refractivity contribution in [3.63, 3.8) is 0 Å². The largest absolute Gasteiger partial charge is 0.508 e. The van der Waals surface area contributed by atoms with E-state index in [9.17, 15) is 9.90 Å². The molecule has 1 aromatic carbocycles. The molecule has 1 atom stereocenters. The standard InChI is InChI=1S/C14H16N2O3/c15-10-12(8-11-2-1-3-13(17)9-11)14(18)16-4-6-19-7-5-16/h1-3,9,12,17H,4-8H2. The van der Waals surface area contributed by atoms with Crippen molar-refractivity contribution in [2.75, 3.05) is 26.3 Å². The van der Waals surface area contributed by atoms with Crippen molar-refractivity contribution in [2.45, 2.75) is 6.42 Å².